The van der Waals surface area contributed by atoms with Gasteiger partial charge in [-0.25, -0.2) is 0 Å². The Morgan fingerprint density at radius 3 is 3.00 bits per heavy atom. The number of benzene rings is 1. The molecule has 0 saturated carbocycles. The number of ether oxygens (including phenoxy) is 2. The number of para-hydroxylation sites is 1. The van der Waals surface area contributed by atoms with E-state index in [1.165, 1.54) is 6.07 Å². The van der Waals surface area contributed by atoms with Crippen LogP contribution in [0.1, 0.15) is 0 Å². The van der Waals surface area contributed by atoms with Crippen molar-refractivity contribution in [3.63, 3.8) is 0 Å². The first-order chi connectivity index (χ1) is 9.22. The van der Waals surface area contributed by atoms with E-state index in [0.29, 0.717) is 19.0 Å². The van der Waals surface area contributed by atoms with E-state index in [2.05, 4.69) is 4.98 Å². The lowest BCUT2D eigenvalue weighted by molar-refractivity contribution is 0.143. The van der Waals surface area contributed by atoms with Gasteiger partial charge in [-0.05, 0) is 12.1 Å². The first kappa shape index (κ1) is 11.6. The van der Waals surface area contributed by atoms with Crippen molar-refractivity contribution < 1.29 is 9.47 Å². The average Bonchev–Trinajstić information content (AvgIpc) is 2.81. The van der Waals surface area contributed by atoms with Crippen molar-refractivity contribution >= 4 is 5.82 Å². The zero-order valence-corrected chi connectivity index (χ0v) is 10.2. The molecule has 1 aliphatic rings. The van der Waals surface area contributed by atoms with Crippen LogP contribution in [0.3, 0.4) is 0 Å². The molecule has 1 atom stereocenters. The highest BCUT2D eigenvalue weighted by Gasteiger charge is 2.25. The highest BCUT2D eigenvalue weighted by atomic mass is 16.6. The monoisotopic (exact) mass is 259 g/mol. The SMILES string of the molecule is Nc1cc(=O)nc2n1CC(COc1ccccc1)O2. The normalized spacial score (nSPS) is 16.7. The fourth-order valence-corrected chi connectivity index (χ4v) is 1.96. The summed E-state index contributed by atoms with van der Waals surface area (Å²) in [4.78, 5) is 15.0. The minimum absolute atomic E-state index is 0.197. The fraction of sp³-hybridized carbons (Fsp3) is 0.231. The molecule has 2 N–H and O–H groups in total. The van der Waals surface area contributed by atoms with Crippen molar-refractivity contribution in [1.82, 2.24) is 9.55 Å². The topological polar surface area (TPSA) is 79.4 Å². The van der Waals surface area contributed by atoms with Crippen LogP contribution in [0.5, 0.6) is 11.8 Å². The molecule has 3 rings (SSSR count). The molecule has 1 aromatic heterocycles. The van der Waals surface area contributed by atoms with Crippen LogP contribution in [0.4, 0.5) is 5.82 Å². The molecule has 0 saturated heterocycles. The molecule has 19 heavy (non-hydrogen) atoms. The maximum absolute atomic E-state index is 11.2. The molecule has 0 spiro atoms. The van der Waals surface area contributed by atoms with Crippen LogP contribution in [0, 0.1) is 0 Å². The van der Waals surface area contributed by atoms with Crippen molar-refractivity contribution in [2.75, 3.05) is 12.3 Å². The second kappa shape index (κ2) is 4.64. The van der Waals surface area contributed by atoms with E-state index < -0.39 is 5.56 Å². The van der Waals surface area contributed by atoms with Gasteiger partial charge in [0, 0.05) is 6.07 Å². The van der Waals surface area contributed by atoms with Gasteiger partial charge in [-0.15, -0.1) is 0 Å². The van der Waals surface area contributed by atoms with Crippen LogP contribution >= 0.6 is 0 Å². The molecule has 1 aliphatic heterocycles. The molecule has 2 heterocycles. The van der Waals surface area contributed by atoms with E-state index in [4.69, 9.17) is 15.2 Å². The Morgan fingerprint density at radius 2 is 2.21 bits per heavy atom. The number of aromatic nitrogens is 2. The highest BCUT2D eigenvalue weighted by molar-refractivity contribution is 5.31. The van der Waals surface area contributed by atoms with Gasteiger partial charge < -0.3 is 15.2 Å². The third-order valence-electron chi connectivity index (χ3n) is 2.86. The molecule has 0 radical (unpaired) electrons. The maximum Gasteiger partial charge on any atom is 0.301 e. The first-order valence-corrected chi connectivity index (χ1v) is 5.94. The third kappa shape index (κ3) is 2.37. The minimum atomic E-state index is -0.395. The summed E-state index contributed by atoms with van der Waals surface area (Å²) in [7, 11) is 0. The van der Waals surface area contributed by atoms with Crippen molar-refractivity contribution in [1.29, 1.82) is 0 Å². The highest BCUT2D eigenvalue weighted by Crippen LogP contribution is 2.21. The lowest BCUT2D eigenvalue weighted by Crippen LogP contribution is -2.23. The molecule has 0 fully saturated rings. The Labute approximate surface area is 109 Å². The van der Waals surface area contributed by atoms with Gasteiger partial charge >= 0.3 is 6.01 Å². The van der Waals surface area contributed by atoms with Gasteiger partial charge in [-0.1, -0.05) is 18.2 Å². The Balaban J connectivity index is 1.68. The number of nitrogen functional groups attached to an aromatic ring is 1. The summed E-state index contributed by atoms with van der Waals surface area (Å²) in [6.07, 6.45) is -0.197. The molecule has 0 amide bonds. The van der Waals surface area contributed by atoms with Gasteiger partial charge in [0.15, 0.2) is 6.10 Å². The molecule has 6 nitrogen and oxygen atoms in total. The number of rotatable bonds is 3. The number of anilines is 1. The number of hydrogen-bond donors (Lipinski definition) is 1. The zero-order chi connectivity index (χ0) is 13.2. The van der Waals surface area contributed by atoms with Gasteiger partial charge in [0.1, 0.15) is 18.2 Å². The summed E-state index contributed by atoms with van der Waals surface area (Å²) < 4.78 is 12.8. The molecular formula is C13H13N3O3. The van der Waals surface area contributed by atoms with Crippen molar-refractivity contribution in [2.24, 2.45) is 0 Å². The van der Waals surface area contributed by atoms with Crippen LogP contribution in [-0.4, -0.2) is 22.3 Å². The van der Waals surface area contributed by atoms with Crippen LogP contribution < -0.4 is 20.8 Å². The van der Waals surface area contributed by atoms with Crippen LogP contribution in [0.2, 0.25) is 0 Å². The van der Waals surface area contributed by atoms with E-state index in [1.807, 2.05) is 30.3 Å². The number of hydrogen-bond acceptors (Lipinski definition) is 5. The van der Waals surface area contributed by atoms with Crippen molar-refractivity contribution in [2.45, 2.75) is 12.6 Å². The van der Waals surface area contributed by atoms with Crippen LogP contribution in [0.15, 0.2) is 41.2 Å². The van der Waals surface area contributed by atoms with E-state index in [-0.39, 0.29) is 12.1 Å². The molecule has 2 aromatic rings. The van der Waals surface area contributed by atoms with E-state index in [9.17, 15) is 4.79 Å². The lowest BCUT2D eigenvalue weighted by atomic mass is 10.3. The summed E-state index contributed by atoms with van der Waals surface area (Å²) in [6, 6.07) is 11.0. The van der Waals surface area contributed by atoms with Gasteiger partial charge in [0.25, 0.3) is 5.56 Å². The predicted molar refractivity (Wildman–Crippen MR) is 69.3 cm³/mol. The van der Waals surface area contributed by atoms with Crippen molar-refractivity contribution in [3.05, 3.63) is 46.8 Å². The number of fused-ring (bicyclic) bond motifs is 1. The van der Waals surface area contributed by atoms with E-state index >= 15 is 0 Å². The van der Waals surface area contributed by atoms with Gasteiger partial charge in [-0.2, -0.15) is 4.98 Å². The van der Waals surface area contributed by atoms with Gasteiger partial charge in [0.05, 0.1) is 6.54 Å². The number of nitrogens with zero attached hydrogens (tertiary/aromatic N) is 2. The molecule has 1 unspecified atom stereocenters. The first-order valence-electron chi connectivity index (χ1n) is 5.94. The molecule has 0 bridgehead atoms. The standard InChI is InChI=1S/C13H13N3O3/c14-11-6-12(17)15-13-16(11)7-10(19-13)8-18-9-4-2-1-3-5-9/h1-6,10H,7-8,14H2. The van der Waals surface area contributed by atoms with Crippen molar-refractivity contribution in [3.8, 4) is 11.8 Å². The van der Waals surface area contributed by atoms with Crippen LogP contribution in [0.25, 0.3) is 0 Å². The zero-order valence-electron chi connectivity index (χ0n) is 10.2. The molecule has 6 heteroatoms. The minimum Gasteiger partial charge on any atom is -0.490 e. The Morgan fingerprint density at radius 1 is 1.42 bits per heavy atom. The summed E-state index contributed by atoms with van der Waals surface area (Å²) in [5.41, 5.74) is 5.35. The second-order valence-electron chi connectivity index (χ2n) is 4.28. The predicted octanol–water partition coefficient (Wildman–Crippen LogP) is 0.665. The largest absolute Gasteiger partial charge is 0.490 e. The quantitative estimate of drug-likeness (QED) is 0.876. The average molecular weight is 259 g/mol. The summed E-state index contributed by atoms with van der Waals surface area (Å²) in [5.74, 6) is 1.13. The molecule has 1 aromatic carbocycles. The fourth-order valence-electron chi connectivity index (χ4n) is 1.96. The summed E-state index contributed by atoms with van der Waals surface area (Å²) in [6.45, 7) is 0.905. The summed E-state index contributed by atoms with van der Waals surface area (Å²) in [5, 5.41) is 0. The summed E-state index contributed by atoms with van der Waals surface area (Å²) >= 11 is 0. The number of nitrogens with two attached hydrogens (primary N) is 1. The van der Waals surface area contributed by atoms with Gasteiger partial charge in [0.2, 0.25) is 0 Å². The molecule has 0 aliphatic carbocycles. The second-order valence-corrected chi connectivity index (χ2v) is 4.28. The lowest BCUT2D eigenvalue weighted by Gasteiger charge is -2.10. The Bertz CT molecular complexity index is 639. The third-order valence-corrected chi connectivity index (χ3v) is 2.86. The smallest absolute Gasteiger partial charge is 0.301 e. The van der Waals surface area contributed by atoms with E-state index in [0.717, 1.165) is 5.75 Å². The Hall–Kier alpha value is -2.50. The van der Waals surface area contributed by atoms with E-state index in [1.54, 1.807) is 4.57 Å². The van der Waals surface area contributed by atoms with Gasteiger partial charge in [-0.3, -0.25) is 9.36 Å². The Kier molecular flexibility index (Phi) is 2.83. The molecule has 98 valence electrons. The molecular weight excluding hydrogens is 246 g/mol. The maximum atomic E-state index is 11.2. The van der Waals surface area contributed by atoms with Crippen LogP contribution in [-0.2, 0) is 6.54 Å².